The fourth-order valence-electron chi connectivity index (χ4n) is 4.92. The second-order valence-corrected chi connectivity index (χ2v) is 10.7. The fourth-order valence-corrected chi connectivity index (χ4v) is 4.92. The van der Waals surface area contributed by atoms with Gasteiger partial charge in [0.2, 0.25) is 12.2 Å². The molecule has 0 saturated carbocycles. The van der Waals surface area contributed by atoms with E-state index in [0.29, 0.717) is 11.4 Å². The number of aromatic nitrogens is 4. The number of amides is 2. The lowest BCUT2D eigenvalue weighted by Crippen LogP contribution is -2.34. The molecule has 0 radical (unpaired) electrons. The van der Waals surface area contributed by atoms with Gasteiger partial charge in [-0.3, -0.25) is 19.4 Å². The molecule has 2 atom stereocenters. The molecule has 2 amide bonds. The molecule has 0 N–H and O–H groups in total. The standard InChI is InChI=1S/C32H30N10O4/c1-19(33-17-43)23-24(20(2)34-18-44)36-28-27(35-23)41(21-13-9-7-10-14-21)29-30(42(28)22-15-11-8-12-16-22)38-26(32(46)40(5)6)25(37-29)31(45)39(3)4/h7-16,19-20H,1-6H3. The van der Waals surface area contributed by atoms with Gasteiger partial charge in [0.05, 0.1) is 11.4 Å². The van der Waals surface area contributed by atoms with Crippen molar-refractivity contribution in [2.24, 2.45) is 9.98 Å². The lowest BCUT2D eigenvalue weighted by atomic mass is 10.1. The van der Waals surface area contributed by atoms with Crippen molar-refractivity contribution in [3.63, 3.8) is 0 Å². The molecule has 0 fully saturated rings. The number of carbonyl (C=O) groups excluding carboxylic acids is 4. The van der Waals surface area contributed by atoms with Gasteiger partial charge >= 0.3 is 0 Å². The van der Waals surface area contributed by atoms with Crippen LogP contribution in [0.2, 0.25) is 0 Å². The quantitative estimate of drug-likeness (QED) is 0.176. The Labute approximate surface area is 264 Å². The Kier molecular flexibility index (Phi) is 8.76. The number of carbonyl (C=O) groups is 2. The Balaban J connectivity index is 1.97. The first-order valence-corrected chi connectivity index (χ1v) is 14.2. The van der Waals surface area contributed by atoms with Crippen LogP contribution in [0.4, 0.5) is 34.6 Å². The van der Waals surface area contributed by atoms with Crippen molar-refractivity contribution >= 4 is 58.6 Å². The van der Waals surface area contributed by atoms with Gasteiger partial charge in [-0.05, 0) is 38.1 Å². The van der Waals surface area contributed by atoms with Crippen molar-refractivity contribution in [1.82, 2.24) is 29.7 Å². The number of fused-ring (bicyclic) bond motifs is 2. The molecule has 46 heavy (non-hydrogen) atoms. The van der Waals surface area contributed by atoms with Gasteiger partial charge in [0, 0.05) is 39.6 Å². The van der Waals surface area contributed by atoms with Gasteiger partial charge in [0.15, 0.2) is 34.7 Å². The number of benzene rings is 2. The predicted molar refractivity (Wildman–Crippen MR) is 170 cm³/mol. The van der Waals surface area contributed by atoms with E-state index in [1.165, 1.54) is 9.80 Å². The van der Waals surface area contributed by atoms with E-state index < -0.39 is 23.9 Å². The van der Waals surface area contributed by atoms with Gasteiger partial charge in [-0.25, -0.2) is 29.5 Å². The molecule has 2 unspecified atom stereocenters. The minimum Gasteiger partial charge on any atom is -0.343 e. The van der Waals surface area contributed by atoms with E-state index in [1.54, 1.807) is 64.0 Å². The summed E-state index contributed by atoms with van der Waals surface area (Å²) in [5, 5.41) is 0. The zero-order valence-corrected chi connectivity index (χ0v) is 26.0. The van der Waals surface area contributed by atoms with E-state index in [2.05, 4.69) is 9.98 Å². The van der Waals surface area contributed by atoms with Crippen LogP contribution in [0.3, 0.4) is 0 Å². The van der Waals surface area contributed by atoms with E-state index in [0.717, 1.165) is 0 Å². The Morgan fingerprint density at radius 3 is 1.24 bits per heavy atom. The molecule has 1 aliphatic rings. The molecule has 4 aromatic rings. The van der Waals surface area contributed by atoms with Crippen molar-refractivity contribution in [2.75, 3.05) is 38.0 Å². The van der Waals surface area contributed by atoms with Gasteiger partial charge in [0.1, 0.15) is 12.1 Å². The van der Waals surface area contributed by atoms with E-state index in [9.17, 15) is 19.2 Å². The smallest absolute Gasteiger partial charge is 0.274 e. The maximum atomic E-state index is 13.5. The number of hydrogen-bond acceptors (Lipinski definition) is 12. The lowest BCUT2D eigenvalue weighted by Gasteiger charge is -2.38. The molecule has 232 valence electrons. The average molecular weight is 619 g/mol. The highest BCUT2D eigenvalue weighted by Gasteiger charge is 2.40. The Morgan fingerprint density at radius 1 is 0.609 bits per heavy atom. The normalized spacial score (nSPS) is 12.9. The maximum absolute atomic E-state index is 13.5. The maximum Gasteiger partial charge on any atom is 0.274 e. The van der Waals surface area contributed by atoms with Gasteiger partial charge in [-0.1, -0.05) is 36.4 Å². The summed E-state index contributed by atoms with van der Waals surface area (Å²) < 4.78 is 0. The third kappa shape index (κ3) is 5.61. The molecular formula is C32H30N10O4. The molecule has 14 nitrogen and oxygen atoms in total. The number of aliphatic imine (C=N–C) groups is 2. The first-order valence-electron chi connectivity index (χ1n) is 14.2. The molecule has 0 bridgehead atoms. The van der Waals surface area contributed by atoms with Crippen molar-refractivity contribution in [2.45, 2.75) is 25.9 Å². The SMILES string of the molecule is CC(N=C=O)c1nc2c(nc1C(C)N=C=O)N(c1ccccc1)c1nc(C(=O)N(C)C)c(C(=O)N(C)C)nc1N2c1ccccc1. The van der Waals surface area contributed by atoms with Gasteiger partial charge < -0.3 is 9.80 Å². The summed E-state index contributed by atoms with van der Waals surface area (Å²) in [5.41, 5.74) is 1.42. The first-order chi connectivity index (χ1) is 22.1. The topological polar surface area (TPSA) is 158 Å². The van der Waals surface area contributed by atoms with Crippen molar-refractivity contribution < 1.29 is 19.2 Å². The molecule has 0 saturated heterocycles. The summed E-state index contributed by atoms with van der Waals surface area (Å²) in [4.78, 5) is 83.1. The summed E-state index contributed by atoms with van der Waals surface area (Å²) in [6, 6.07) is 16.6. The van der Waals surface area contributed by atoms with Gasteiger partial charge in [-0.2, -0.15) is 9.98 Å². The third-order valence-electron chi connectivity index (χ3n) is 7.15. The third-order valence-corrected chi connectivity index (χ3v) is 7.15. The molecule has 2 aromatic carbocycles. The highest BCUT2D eigenvalue weighted by atomic mass is 16.2. The van der Waals surface area contributed by atoms with Crippen LogP contribution in [-0.4, -0.2) is 81.9 Å². The van der Waals surface area contributed by atoms with E-state index in [-0.39, 0.29) is 46.0 Å². The van der Waals surface area contributed by atoms with Crippen LogP contribution >= 0.6 is 0 Å². The molecule has 14 heteroatoms. The van der Waals surface area contributed by atoms with E-state index in [1.807, 2.05) is 60.7 Å². The predicted octanol–water partition coefficient (Wildman–Crippen LogP) is 4.72. The van der Waals surface area contributed by atoms with Crippen LogP contribution in [0, 0.1) is 0 Å². The number of rotatable bonds is 8. The summed E-state index contributed by atoms with van der Waals surface area (Å²) in [5.74, 6) is -0.131. The summed E-state index contributed by atoms with van der Waals surface area (Å²) >= 11 is 0. The van der Waals surface area contributed by atoms with Gasteiger partial charge in [0.25, 0.3) is 11.8 Å². The molecular weight excluding hydrogens is 588 g/mol. The lowest BCUT2D eigenvalue weighted by molar-refractivity contribution is 0.0781. The average Bonchev–Trinajstić information content (AvgIpc) is 3.06. The molecule has 3 heterocycles. The molecule has 2 aromatic heterocycles. The highest BCUT2D eigenvalue weighted by Crippen LogP contribution is 2.52. The van der Waals surface area contributed by atoms with Crippen molar-refractivity contribution in [3.8, 4) is 0 Å². The van der Waals surface area contributed by atoms with Crippen LogP contribution in [0.5, 0.6) is 0 Å². The van der Waals surface area contributed by atoms with Crippen LogP contribution in [0.15, 0.2) is 70.6 Å². The number of hydrogen-bond donors (Lipinski definition) is 0. The summed E-state index contributed by atoms with van der Waals surface area (Å²) in [6.07, 6.45) is 3.14. The Bertz CT molecular complexity index is 1770. The van der Waals surface area contributed by atoms with Crippen LogP contribution < -0.4 is 9.80 Å². The minimum atomic E-state index is -0.809. The van der Waals surface area contributed by atoms with E-state index >= 15 is 0 Å². The second kappa shape index (κ2) is 12.9. The second-order valence-electron chi connectivity index (χ2n) is 10.7. The van der Waals surface area contributed by atoms with E-state index in [4.69, 9.17) is 19.9 Å². The summed E-state index contributed by atoms with van der Waals surface area (Å²) in [7, 11) is 6.24. The first kappa shape index (κ1) is 31.3. The zero-order valence-electron chi connectivity index (χ0n) is 26.0. The highest BCUT2D eigenvalue weighted by molar-refractivity contribution is 6.07. The van der Waals surface area contributed by atoms with Crippen molar-refractivity contribution in [1.29, 1.82) is 0 Å². The van der Waals surface area contributed by atoms with Crippen LogP contribution in [0.1, 0.15) is 58.3 Å². The molecule has 0 aliphatic carbocycles. The monoisotopic (exact) mass is 618 g/mol. The number of anilines is 6. The number of isocyanates is 2. The largest absolute Gasteiger partial charge is 0.343 e. The zero-order chi connectivity index (χ0) is 33.1. The molecule has 5 rings (SSSR count). The molecule has 1 aliphatic heterocycles. The minimum absolute atomic E-state index is 0.155. The van der Waals surface area contributed by atoms with Crippen LogP contribution in [-0.2, 0) is 9.59 Å². The summed E-state index contributed by atoms with van der Waals surface area (Å²) in [6.45, 7) is 3.29. The molecule has 0 spiro atoms. The number of para-hydroxylation sites is 2. The fraction of sp³-hybridized carbons (Fsp3) is 0.250. The van der Waals surface area contributed by atoms with Gasteiger partial charge in [-0.15, -0.1) is 0 Å². The Morgan fingerprint density at radius 2 is 0.935 bits per heavy atom. The Hall–Kier alpha value is -6.10. The van der Waals surface area contributed by atoms with Crippen LogP contribution in [0.25, 0.3) is 0 Å². The van der Waals surface area contributed by atoms with Crippen molar-refractivity contribution in [3.05, 3.63) is 83.4 Å². The number of nitrogens with zero attached hydrogens (tertiary/aromatic N) is 10.